The van der Waals surface area contributed by atoms with Gasteiger partial charge < -0.3 is 11.1 Å². The van der Waals surface area contributed by atoms with E-state index in [1.54, 1.807) is 0 Å². The number of nitrogens with one attached hydrogen (secondary N) is 1. The van der Waals surface area contributed by atoms with Crippen LogP contribution in [0.3, 0.4) is 0 Å². The molecule has 0 bridgehead atoms. The van der Waals surface area contributed by atoms with Gasteiger partial charge in [0.15, 0.2) is 0 Å². The first-order valence-corrected chi connectivity index (χ1v) is 7.59. The Balaban J connectivity index is 2.31. The second-order valence-corrected chi connectivity index (χ2v) is 6.25. The molecule has 0 radical (unpaired) electrons. The smallest absolute Gasteiger partial charge is 0.245 e. The van der Waals surface area contributed by atoms with Crippen LogP contribution in [0, 0.1) is 0 Å². The monoisotopic (exact) mass is 388 g/mol. The minimum absolute atomic E-state index is 0.408. The van der Waals surface area contributed by atoms with Gasteiger partial charge in [-0.15, -0.1) is 11.3 Å². The first kappa shape index (κ1) is 13.6. The van der Waals surface area contributed by atoms with E-state index in [1.807, 2.05) is 35.7 Å². The zero-order valence-corrected chi connectivity index (χ0v) is 13.2. The molecule has 1 amide bonds. The van der Waals surface area contributed by atoms with Crippen LogP contribution in [0.1, 0.15) is 10.9 Å². The summed E-state index contributed by atoms with van der Waals surface area (Å²) in [5, 5.41) is 5.06. The molecule has 0 saturated carbocycles. The summed E-state index contributed by atoms with van der Waals surface area (Å²) < 4.78 is 1.78. The van der Waals surface area contributed by atoms with Crippen LogP contribution in [0.5, 0.6) is 0 Å². The molecule has 1 unspecified atom stereocenters. The summed E-state index contributed by atoms with van der Waals surface area (Å²) >= 11 is 8.34. The summed E-state index contributed by atoms with van der Waals surface area (Å²) in [6, 6.07) is 8.96. The van der Waals surface area contributed by atoms with Crippen LogP contribution in [0.2, 0.25) is 0 Å². The van der Waals surface area contributed by atoms with Crippen molar-refractivity contribution >= 4 is 54.8 Å². The first-order valence-electron chi connectivity index (χ1n) is 5.13. The molecular weight excluding hydrogens is 380 g/mol. The summed E-state index contributed by atoms with van der Waals surface area (Å²) in [7, 11) is 0. The molecular formula is C12H10Br2N2OS. The maximum Gasteiger partial charge on any atom is 0.245 e. The fourth-order valence-corrected chi connectivity index (χ4v) is 3.57. The van der Waals surface area contributed by atoms with E-state index in [9.17, 15) is 4.79 Å². The molecule has 1 atom stereocenters. The van der Waals surface area contributed by atoms with Crippen molar-refractivity contribution in [3.8, 4) is 0 Å². The number of anilines is 1. The Hall–Kier alpha value is -0.850. The van der Waals surface area contributed by atoms with E-state index in [4.69, 9.17) is 5.73 Å². The molecule has 2 aromatic rings. The van der Waals surface area contributed by atoms with Crippen molar-refractivity contribution < 1.29 is 4.79 Å². The number of amides is 1. The quantitative estimate of drug-likeness (QED) is 0.832. The van der Waals surface area contributed by atoms with E-state index in [1.165, 1.54) is 11.3 Å². The van der Waals surface area contributed by atoms with Crippen molar-refractivity contribution in [2.24, 2.45) is 5.73 Å². The molecule has 6 heteroatoms. The molecule has 2 rings (SSSR count). The molecule has 0 aliphatic heterocycles. The van der Waals surface area contributed by atoms with E-state index in [-0.39, 0.29) is 0 Å². The lowest BCUT2D eigenvalue weighted by molar-refractivity contribution is -0.118. The Morgan fingerprint density at radius 1 is 1.22 bits per heavy atom. The van der Waals surface area contributed by atoms with Gasteiger partial charge in [0.2, 0.25) is 5.91 Å². The summed E-state index contributed by atoms with van der Waals surface area (Å²) in [6.45, 7) is 0. The predicted octanol–water partition coefficient (Wildman–Crippen LogP) is 3.91. The number of halogens is 2. The number of nitrogens with two attached hydrogens (primary N) is 1. The number of rotatable bonds is 4. The van der Waals surface area contributed by atoms with Gasteiger partial charge in [-0.25, -0.2) is 0 Å². The minimum Gasteiger partial charge on any atom is -0.368 e. The fraction of sp³-hybridized carbons (Fsp3) is 0.0833. The number of carbonyl (C=O) groups excluding carboxylic acids is 1. The molecule has 0 spiro atoms. The van der Waals surface area contributed by atoms with Crippen molar-refractivity contribution in [3.63, 3.8) is 0 Å². The number of thiophene rings is 1. The van der Waals surface area contributed by atoms with Gasteiger partial charge in [-0.1, -0.05) is 12.1 Å². The third-order valence-electron chi connectivity index (χ3n) is 2.37. The van der Waals surface area contributed by atoms with Gasteiger partial charge in [-0.3, -0.25) is 4.79 Å². The molecule has 1 aromatic heterocycles. The van der Waals surface area contributed by atoms with Gasteiger partial charge in [-0.2, -0.15) is 0 Å². The van der Waals surface area contributed by atoms with E-state index in [0.29, 0.717) is 0 Å². The lowest BCUT2D eigenvalue weighted by Gasteiger charge is -2.17. The highest BCUT2D eigenvalue weighted by Gasteiger charge is 2.22. The molecule has 18 heavy (non-hydrogen) atoms. The van der Waals surface area contributed by atoms with Gasteiger partial charge >= 0.3 is 0 Å². The average Bonchev–Trinajstić information content (AvgIpc) is 2.74. The number of para-hydroxylation sites is 1. The topological polar surface area (TPSA) is 55.1 Å². The number of benzene rings is 1. The number of hydrogen-bond acceptors (Lipinski definition) is 3. The molecule has 94 valence electrons. The zero-order valence-electron chi connectivity index (χ0n) is 9.19. The van der Waals surface area contributed by atoms with Gasteiger partial charge in [-0.05, 0) is 55.4 Å². The largest absolute Gasteiger partial charge is 0.368 e. The van der Waals surface area contributed by atoms with Crippen LogP contribution in [-0.2, 0) is 4.79 Å². The third-order valence-corrected chi connectivity index (χ3v) is 4.99. The normalized spacial score (nSPS) is 12.1. The van der Waals surface area contributed by atoms with Crippen LogP contribution in [-0.4, -0.2) is 5.91 Å². The molecule has 3 nitrogen and oxygen atoms in total. The van der Waals surface area contributed by atoms with Crippen molar-refractivity contribution in [2.75, 3.05) is 5.32 Å². The van der Waals surface area contributed by atoms with Crippen LogP contribution < -0.4 is 11.1 Å². The summed E-state index contributed by atoms with van der Waals surface area (Å²) in [5.41, 5.74) is 6.30. The van der Waals surface area contributed by atoms with Crippen LogP contribution in [0.25, 0.3) is 0 Å². The highest BCUT2D eigenvalue weighted by atomic mass is 79.9. The van der Waals surface area contributed by atoms with Gasteiger partial charge in [0.1, 0.15) is 6.04 Å². The average molecular weight is 390 g/mol. The van der Waals surface area contributed by atoms with E-state index >= 15 is 0 Å². The Bertz CT molecular complexity index is 571. The minimum atomic E-state index is -0.543. The number of primary amides is 1. The molecule has 3 N–H and O–H groups in total. The highest BCUT2D eigenvalue weighted by Crippen LogP contribution is 2.33. The Labute approximate surface area is 126 Å². The van der Waals surface area contributed by atoms with Gasteiger partial charge in [0.05, 0.1) is 4.88 Å². The molecule has 0 fully saturated rings. The molecule has 0 aliphatic carbocycles. The molecule has 1 aromatic carbocycles. The second-order valence-electron chi connectivity index (χ2n) is 3.59. The van der Waals surface area contributed by atoms with Crippen molar-refractivity contribution in [3.05, 3.63) is 49.5 Å². The van der Waals surface area contributed by atoms with Crippen LogP contribution >= 0.6 is 43.2 Å². The molecule has 0 saturated heterocycles. The Morgan fingerprint density at radius 2 is 1.94 bits per heavy atom. The maximum atomic E-state index is 11.6. The van der Waals surface area contributed by atoms with Crippen LogP contribution in [0.4, 0.5) is 5.69 Å². The van der Waals surface area contributed by atoms with Gasteiger partial charge in [0, 0.05) is 14.6 Å². The lowest BCUT2D eigenvalue weighted by atomic mass is 10.2. The third kappa shape index (κ3) is 2.93. The first-order chi connectivity index (χ1) is 8.59. The summed E-state index contributed by atoms with van der Waals surface area (Å²) in [5.74, 6) is -0.408. The summed E-state index contributed by atoms with van der Waals surface area (Å²) in [4.78, 5) is 12.5. The van der Waals surface area contributed by atoms with Crippen molar-refractivity contribution in [2.45, 2.75) is 6.04 Å². The summed E-state index contributed by atoms with van der Waals surface area (Å²) in [6.07, 6.45) is 0. The van der Waals surface area contributed by atoms with Crippen LogP contribution in [0.15, 0.2) is 44.7 Å². The zero-order chi connectivity index (χ0) is 13.1. The fourth-order valence-electron chi connectivity index (χ4n) is 1.51. The predicted molar refractivity (Wildman–Crippen MR) is 81.7 cm³/mol. The number of hydrogen-bond donors (Lipinski definition) is 2. The standard InChI is InChI=1S/C12H10Br2N2OS/c13-7-3-1-2-4-9(7)16-10(12(15)17)11-8(14)5-6-18-11/h1-6,10,16H,(H2,15,17). The van der Waals surface area contributed by atoms with E-state index in [0.717, 1.165) is 19.5 Å². The van der Waals surface area contributed by atoms with Crippen molar-refractivity contribution in [1.29, 1.82) is 0 Å². The van der Waals surface area contributed by atoms with Crippen molar-refractivity contribution in [1.82, 2.24) is 0 Å². The second kappa shape index (κ2) is 5.86. The molecule has 1 heterocycles. The highest BCUT2D eigenvalue weighted by molar-refractivity contribution is 9.11. The SMILES string of the molecule is NC(=O)C(Nc1ccccc1Br)c1sccc1Br. The van der Waals surface area contributed by atoms with Gasteiger partial charge in [0.25, 0.3) is 0 Å². The lowest BCUT2D eigenvalue weighted by Crippen LogP contribution is -2.27. The maximum absolute atomic E-state index is 11.6. The molecule has 0 aliphatic rings. The Kier molecular flexibility index (Phi) is 4.42. The van der Waals surface area contributed by atoms with E-state index < -0.39 is 11.9 Å². The number of carbonyl (C=O) groups is 1. The van der Waals surface area contributed by atoms with E-state index in [2.05, 4.69) is 37.2 Å². The Morgan fingerprint density at radius 3 is 2.50 bits per heavy atom.